The SMILES string of the molecule is CCc1ccccc1Nc1nc(C2CC2)nc(Cl)c1C. The van der Waals surface area contributed by atoms with Crippen molar-refractivity contribution in [3.05, 3.63) is 46.4 Å². The summed E-state index contributed by atoms with van der Waals surface area (Å²) in [5.74, 6) is 2.19. The fourth-order valence-electron chi connectivity index (χ4n) is 2.23. The topological polar surface area (TPSA) is 37.8 Å². The molecule has 0 atom stereocenters. The van der Waals surface area contributed by atoms with E-state index >= 15 is 0 Å². The number of anilines is 2. The van der Waals surface area contributed by atoms with Crippen molar-refractivity contribution in [1.82, 2.24) is 9.97 Å². The predicted molar refractivity (Wildman–Crippen MR) is 82.9 cm³/mol. The van der Waals surface area contributed by atoms with Crippen molar-refractivity contribution >= 4 is 23.1 Å². The van der Waals surface area contributed by atoms with Crippen LogP contribution in [0.2, 0.25) is 5.15 Å². The minimum Gasteiger partial charge on any atom is -0.340 e. The van der Waals surface area contributed by atoms with Gasteiger partial charge in [-0.1, -0.05) is 36.7 Å². The van der Waals surface area contributed by atoms with E-state index in [1.54, 1.807) is 0 Å². The van der Waals surface area contributed by atoms with Crippen LogP contribution >= 0.6 is 11.6 Å². The number of hydrogen-bond acceptors (Lipinski definition) is 3. The van der Waals surface area contributed by atoms with Crippen molar-refractivity contribution in [2.45, 2.75) is 39.0 Å². The van der Waals surface area contributed by atoms with Crippen LogP contribution in [0.15, 0.2) is 24.3 Å². The molecule has 0 radical (unpaired) electrons. The minimum absolute atomic E-state index is 0.495. The Labute approximate surface area is 124 Å². The Kier molecular flexibility index (Phi) is 3.62. The Morgan fingerprint density at radius 3 is 2.70 bits per heavy atom. The number of halogens is 1. The molecule has 20 heavy (non-hydrogen) atoms. The van der Waals surface area contributed by atoms with E-state index in [-0.39, 0.29) is 0 Å². The van der Waals surface area contributed by atoms with Crippen molar-refractivity contribution in [3.8, 4) is 0 Å². The van der Waals surface area contributed by atoms with Crippen LogP contribution in [-0.2, 0) is 6.42 Å². The Balaban J connectivity index is 1.97. The summed E-state index contributed by atoms with van der Waals surface area (Å²) in [5, 5.41) is 3.97. The zero-order valence-electron chi connectivity index (χ0n) is 11.8. The molecule has 1 aliphatic carbocycles. The maximum Gasteiger partial charge on any atom is 0.138 e. The molecule has 1 fully saturated rings. The molecule has 1 aliphatic rings. The lowest BCUT2D eigenvalue weighted by atomic mass is 10.1. The molecule has 1 aromatic carbocycles. The summed E-state index contributed by atoms with van der Waals surface area (Å²) in [7, 11) is 0. The van der Waals surface area contributed by atoms with E-state index in [1.807, 2.05) is 13.0 Å². The number of benzene rings is 1. The predicted octanol–water partition coefficient (Wildman–Crippen LogP) is 4.62. The molecule has 0 bridgehead atoms. The van der Waals surface area contributed by atoms with E-state index < -0.39 is 0 Å². The van der Waals surface area contributed by atoms with E-state index in [1.165, 1.54) is 18.4 Å². The first kappa shape index (κ1) is 13.4. The summed E-state index contributed by atoms with van der Waals surface area (Å²) in [5.41, 5.74) is 3.27. The molecule has 3 nitrogen and oxygen atoms in total. The second-order valence-corrected chi connectivity index (χ2v) is 5.61. The highest BCUT2D eigenvalue weighted by atomic mass is 35.5. The standard InChI is InChI=1S/C16H18ClN3/c1-3-11-6-4-5-7-13(11)18-15-10(2)14(17)19-16(20-15)12-8-9-12/h4-7,12H,3,8-9H2,1-2H3,(H,18,19,20). The molecule has 1 heterocycles. The van der Waals surface area contributed by atoms with Gasteiger partial charge in [0.15, 0.2) is 0 Å². The molecule has 3 rings (SSSR count). The van der Waals surface area contributed by atoms with Crippen LogP contribution in [0, 0.1) is 6.92 Å². The third-order valence-electron chi connectivity index (χ3n) is 3.70. The molecule has 1 saturated carbocycles. The Hall–Kier alpha value is -1.61. The summed E-state index contributed by atoms with van der Waals surface area (Å²) < 4.78 is 0. The summed E-state index contributed by atoms with van der Waals surface area (Å²) in [4.78, 5) is 9.05. The number of rotatable bonds is 4. The van der Waals surface area contributed by atoms with Gasteiger partial charge in [-0.2, -0.15) is 0 Å². The highest BCUT2D eigenvalue weighted by molar-refractivity contribution is 6.30. The summed E-state index contributed by atoms with van der Waals surface area (Å²) in [6.07, 6.45) is 3.32. The van der Waals surface area contributed by atoms with Gasteiger partial charge in [0.25, 0.3) is 0 Å². The molecule has 0 saturated heterocycles. The fourth-order valence-corrected chi connectivity index (χ4v) is 2.41. The summed E-state index contributed by atoms with van der Waals surface area (Å²) >= 11 is 6.24. The van der Waals surface area contributed by atoms with Gasteiger partial charge in [0, 0.05) is 17.2 Å². The Bertz CT molecular complexity index is 636. The quantitative estimate of drug-likeness (QED) is 0.834. The average Bonchev–Trinajstić information content (AvgIpc) is 3.28. The first-order chi connectivity index (χ1) is 9.69. The van der Waals surface area contributed by atoms with Crippen molar-refractivity contribution in [1.29, 1.82) is 0 Å². The molecular formula is C16H18ClN3. The van der Waals surface area contributed by atoms with Gasteiger partial charge in [-0.3, -0.25) is 0 Å². The van der Waals surface area contributed by atoms with E-state index in [0.717, 1.165) is 29.3 Å². The van der Waals surface area contributed by atoms with E-state index in [4.69, 9.17) is 11.6 Å². The average molecular weight is 288 g/mol. The normalized spacial score (nSPS) is 14.3. The number of nitrogens with one attached hydrogen (secondary N) is 1. The van der Waals surface area contributed by atoms with Crippen molar-refractivity contribution in [2.24, 2.45) is 0 Å². The van der Waals surface area contributed by atoms with Crippen LogP contribution in [-0.4, -0.2) is 9.97 Å². The van der Waals surface area contributed by atoms with E-state index in [0.29, 0.717) is 11.1 Å². The highest BCUT2D eigenvalue weighted by Crippen LogP contribution is 2.39. The first-order valence-electron chi connectivity index (χ1n) is 7.08. The second kappa shape index (κ2) is 5.41. The molecule has 2 aromatic rings. The van der Waals surface area contributed by atoms with Crippen LogP contribution in [0.4, 0.5) is 11.5 Å². The Morgan fingerprint density at radius 1 is 1.25 bits per heavy atom. The van der Waals surface area contributed by atoms with Gasteiger partial charge in [0.1, 0.15) is 16.8 Å². The molecule has 1 aromatic heterocycles. The van der Waals surface area contributed by atoms with Gasteiger partial charge in [-0.15, -0.1) is 0 Å². The van der Waals surface area contributed by atoms with Crippen LogP contribution < -0.4 is 5.32 Å². The maximum absolute atomic E-state index is 6.24. The number of para-hydroxylation sites is 1. The van der Waals surface area contributed by atoms with Crippen LogP contribution in [0.25, 0.3) is 0 Å². The van der Waals surface area contributed by atoms with Crippen molar-refractivity contribution in [2.75, 3.05) is 5.32 Å². The van der Waals surface area contributed by atoms with Gasteiger partial charge in [0.05, 0.1) is 0 Å². The van der Waals surface area contributed by atoms with Crippen LogP contribution in [0.5, 0.6) is 0 Å². The maximum atomic E-state index is 6.24. The Morgan fingerprint density at radius 2 is 2.00 bits per heavy atom. The van der Waals surface area contributed by atoms with Crippen LogP contribution in [0.1, 0.15) is 42.6 Å². The van der Waals surface area contributed by atoms with Gasteiger partial charge >= 0.3 is 0 Å². The molecule has 0 unspecified atom stereocenters. The number of nitrogens with zero attached hydrogens (tertiary/aromatic N) is 2. The number of hydrogen-bond donors (Lipinski definition) is 1. The monoisotopic (exact) mass is 287 g/mol. The van der Waals surface area contributed by atoms with Gasteiger partial charge in [-0.25, -0.2) is 9.97 Å². The fraction of sp³-hybridized carbons (Fsp3) is 0.375. The zero-order chi connectivity index (χ0) is 14.1. The second-order valence-electron chi connectivity index (χ2n) is 5.26. The molecule has 4 heteroatoms. The van der Waals surface area contributed by atoms with Gasteiger partial charge in [0.2, 0.25) is 0 Å². The summed E-state index contributed by atoms with van der Waals surface area (Å²) in [6, 6.07) is 8.29. The molecule has 1 N–H and O–H groups in total. The van der Waals surface area contributed by atoms with Crippen LogP contribution in [0.3, 0.4) is 0 Å². The smallest absolute Gasteiger partial charge is 0.138 e. The summed E-state index contributed by atoms with van der Waals surface area (Å²) in [6.45, 7) is 4.10. The molecular weight excluding hydrogens is 270 g/mol. The largest absolute Gasteiger partial charge is 0.340 e. The van der Waals surface area contributed by atoms with Crippen molar-refractivity contribution < 1.29 is 0 Å². The number of aromatic nitrogens is 2. The van der Waals surface area contributed by atoms with Gasteiger partial charge in [-0.05, 0) is 37.8 Å². The minimum atomic E-state index is 0.495. The lowest BCUT2D eigenvalue weighted by molar-refractivity contribution is 0.921. The third-order valence-corrected chi connectivity index (χ3v) is 4.07. The molecule has 104 valence electrons. The van der Waals surface area contributed by atoms with Crippen molar-refractivity contribution in [3.63, 3.8) is 0 Å². The molecule has 0 spiro atoms. The number of aryl methyl sites for hydroxylation is 1. The molecule has 0 amide bonds. The highest BCUT2D eigenvalue weighted by Gasteiger charge is 2.28. The first-order valence-corrected chi connectivity index (χ1v) is 7.45. The lowest BCUT2D eigenvalue weighted by Gasteiger charge is -2.13. The van der Waals surface area contributed by atoms with Gasteiger partial charge < -0.3 is 5.32 Å². The molecule has 0 aliphatic heterocycles. The van der Waals surface area contributed by atoms with E-state index in [9.17, 15) is 0 Å². The van der Waals surface area contributed by atoms with E-state index in [2.05, 4.69) is 40.4 Å². The third kappa shape index (κ3) is 2.63. The zero-order valence-corrected chi connectivity index (χ0v) is 12.5. The lowest BCUT2D eigenvalue weighted by Crippen LogP contribution is -2.04.